The van der Waals surface area contributed by atoms with Crippen LogP contribution in [-0.2, 0) is 17.6 Å². The molecule has 0 unspecified atom stereocenters. The van der Waals surface area contributed by atoms with Gasteiger partial charge < -0.3 is 5.32 Å². The fraction of sp³-hybridized carbons (Fsp3) is 0.714. The number of aromatic nitrogens is 1. The number of nitrogens with zero attached hydrogens (tertiary/aromatic N) is 1. The molecule has 1 aromatic heterocycles. The number of amides is 1. The second kappa shape index (κ2) is 6.88. The molecule has 0 radical (unpaired) electrons. The van der Waals surface area contributed by atoms with Gasteiger partial charge in [0.15, 0.2) is 0 Å². The highest BCUT2D eigenvalue weighted by Gasteiger charge is 2.15. The predicted molar refractivity (Wildman–Crippen MR) is 74.8 cm³/mol. The molecule has 3 nitrogen and oxygen atoms in total. The molecule has 0 aliphatic heterocycles. The summed E-state index contributed by atoms with van der Waals surface area (Å²) in [5.74, 6) is 0.975. The van der Waals surface area contributed by atoms with Gasteiger partial charge in [-0.25, -0.2) is 4.98 Å². The number of aryl methyl sites for hydroxylation is 1. The van der Waals surface area contributed by atoms with Gasteiger partial charge in [-0.05, 0) is 18.8 Å². The molecule has 0 saturated heterocycles. The molecule has 1 saturated carbocycles. The normalized spacial score (nSPS) is 16.1. The van der Waals surface area contributed by atoms with Crippen molar-refractivity contribution in [2.45, 2.75) is 51.9 Å². The fourth-order valence-electron chi connectivity index (χ4n) is 2.58. The molecule has 4 heteroatoms. The van der Waals surface area contributed by atoms with Crippen LogP contribution in [-0.4, -0.2) is 17.4 Å². The lowest BCUT2D eigenvalue weighted by Crippen LogP contribution is -2.22. The number of carbonyl (C=O) groups excluding carboxylic acids is 1. The molecule has 0 spiro atoms. The Labute approximate surface area is 113 Å². The molecule has 0 bridgehead atoms. The van der Waals surface area contributed by atoms with Crippen molar-refractivity contribution in [3.8, 4) is 0 Å². The Morgan fingerprint density at radius 1 is 1.44 bits per heavy atom. The summed E-state index contributed by atoms with van der Waals surface area (Å²) >= 11 is 1.72. The molecule has 1 N–H and O–H groups in total. The van der Waals surface area contributed by atoms with Crippen molar-refractivity contribution in [1.82, 2.24) is 10.3 Å². The topological polar surface area (TPSA) is 42.0 Å². The maximum absolute atomic E-state index is 10.8. The van der Waals surface area contributed by atoms with Gasteiger partial charge in [0.25, 0.3) is 0 Å². The molecular formula is C14H22N2OS. The third-order valence-electron chi connectivity index (χ3n) is 3.60. The van der Waals surface area contributed by atoms with Gasteiger partial charge in [0, 0.05) is 25.3 Å². The Balaban J connectivity index is 1.70. The molecule has 1 aliphatic rings. The zero-order valence-corrected chi connectivity index (χ0v) is 11.9. The van der Waals surface area contributed by atoms with E-state index in [4.69, 9.17) is 0 Å². The Morgan fingerprint density at radius 2 is 2.22 bits per heavy atom. The highest BCUT2D eigenvalue weighted by molar-refractivity contribution is 7.09. The fourth-order valence-corrected chi connectivity index (χ4v) is 3.41. The van der Waals surface area contributed by atoms with Crippen molar-refractivity contribution in [3.05, 3.63) is 16.1 Å². The molecule has 1 aliphatic carbocycles. The van der Waals surface area contributed by atoms with E-state index in [9.17, 15) is 4.79 Å². The summed E-state index contributed by atoms with van der Waals surface area (Å²) in [5.41, 5.74) is 1.24. The van der Waals surface area contributed by atoms with Crippen molar-refractivity contribution in [1.29, 1.82) is 0 Å². The van der Waals surface area contributed by atoms with Gasteiger partial charge in [0.1, 0.15) is 0 Å². The van der Waals surface area contributed by atoms with Gasteiger partial charge in [-0.15, -0.1) is 11.3 Å². The minimum absolute atomic E-state index is 0.0352. The summed E-state index contributed by atoms with van der Waals surface area (Å²) in [6, 6.07) is 0. The average Bonchev–Trinajstić information content (AvgIpc) is 2.96. The Morgan fingerprint density at radius 3 is 2.94 bits per heavy atom. The van der Waals surface area contributed by atoms with Crippen molar-refractivity contribution >= 4 is 17.2 Å². The van der Waals surface area contributed by atoms with Gasteiger partial charge in [-0.1, -0.05) is 25.7 Å². The molecule has 1 aromatic rings. The monoisotopic (exact) mass is 266 g/mol. The van der Waals surface area contributed by atoms with Crippen LogP contribution in [0.1, 0.15) is 49.7 Å². The van der Waals surface area contributed by atoms with Crippen LogP contribution in [0.4, 0.5) is 0 Å². The number of nitrogens with one attached hydrogen (secondary N) is 1. The number of hydrogen-bond acceptors (Lipinski definition) is 3. The lowest BCUT2D eigenvalue weighted by atomic mass is 10.0. The largest absolute Gasteiger partial charge is 0.356 e. The highest BCUT2D eigenvalue weighted by Crippen LogP contribution is 2.28. The van der Waals surface area contributed by atoms with Gasteiger partial charge in [0.05, 0.1) is 10.7 Å². The van der Waals surface area contributed by atoms with Crippen LogP contribution in [0.3, 0.4) is 0 Å². The molecule has 2 rings (SSSR count). The molecule has 18 heavy (non-hydrogen) atoms. The molecule has 0 aromatic carbocycles. The van der Waals surface area contributed by atoms with E-state index in [0.717, 1.165) is 23.8 Å². The summed E-state index contributed by atoms with van der Waals surface area (Å²) in [4.78, 5) is 15.4. The summed E-state index contributed by atoms with van der Waals surface area (Å²) in [6.45, 7) is 2.25. The van der Waals surface area contributed by atoms with Crippen LogP contribution in [0.15, 0.2) is 5.38 Å². The first-order valence-electron chi connectivity index (χ1n) is 6.92. The van der Waals surface area contributed by atoms with Crippen molar-refractivity contribution in [3.63, 3.8) is 0 Å². The van der Waals surface area contributed by atoms with Gasteiger partial charge >= 0.3 is 0 Å². The van der Waals surface area contributed by atoms with Crippen molar-refractivity contribution in [2.24, 2.45) is 5.92 Å². The van der Waals surface area contributed by atoms with Crippen LogP contribution in [0.5, 0.6) is 0 Å². The molecule has 1 amide bonds. The third kappa shape index (κ3) is 4.41. The van der Waals surface area contributed by atoms with Gasteiger partial charge in [0.2, 0.25) is 5.91 Å². The first kappa shape index (κ1) is 13.5. The second-order valence-electron chi connectivity index (χ2n) is 5.15. The molecular weight excluding hydrogens is 244 g/mol. The van der Waals surface area contributed by atoms with Crippen molar-refractivity contribution < 1.29 is 4.79 Å². The third-order valence-corrected chi connectivity index (χ3v) is 4.55. The maximum atomic E-state index is 10.8. The zero-order chi connectivity index (χ0) is 12.8. The van der Waals surface area contributed by atoms with Gasteiger partial charge in [-0.3, -0.25) is 4.79 Å². The van der Waals surface area contributed by atoms with E-state index < -0.39 is 0 Å². The van der Waals surface area contributed by atoms with E-state index in [1.165, 1.54) is 37.8 Å². The van der Waals surface area contributed by atoms with E-state index >= 15 is 0 Å². The van der Waals surface area contributed by atoms with E-state index in [2.05, 4.69) is 15.7 Å². The Hall–Kier alpha value is -0.900. The van der Waals surface area contributed by atoms with Crippen LogP contribution in [0.25, 0.3) is 0 Å². The zero-order valence-electron chi connectivity index (χ0n) is 11.1. The van der Waals surface area contributed by atoms with Crippen LogP contribution >= 0.6 is 11.3 Å². The highest BCUT2D eigenvalue weighted by atomic mass is 32.1. The van der Waals surface area contributed by atoms with Crippen LogP contribution in [0.2, 0.25) is 0 Å². The SMILES string of the molecule is CC(=O)NCCc1nc(CCC2CCCC2)cs1. The summed E-state index contributed by atoms with van der Waals surface area (Å²) in [7, 11) is 0. The van der Waals surface area contributed by atoms with Gasteiger partial charge in [-0.2, -0.15) is 0 Å². The van der Waals surface area contributed by atoms with E-state index in [1.54, 1.807) is 18.3 Å². The van der Waals surface area contributed by atoms with E-state index in [1.807, 2.05) is 0 Å². The second-order valence-corrected chi connectivity index (χ2v) is 6.10. The Kier molecular flexibility index (Phi) is 5.17. The lowest BCUT2D eigenvalue weighted by Gasteiger charge is -2.06. The minimum Gasteiger partial charge on any atom is -0.356 e. The smallest absolute Gasteiger partial charge is 0.216 e. The lowest BCUT2D eigenvalue weighted by molar-refractivity contribution is -0.118. The predicted octanol–water partition coefficient (Wildman–Crippen LogP) is 2.94. The number of carbonyl (C=O) groups is 1. The standard InChI is InChI=1S/C14H22N2OS/c1-11(17)15-9-8-14-16-13(10-18-14)7-6-12-4-2-3-5-12/h10,12H,2-9H2,1H3,(H,15,17). The average molecular weight is 266 g/mol. The Bertz CT molecular complexity index is 383. The minimum atomic E-state index is 0.0352. The number of rotatable bonds is 6. The first-order valence-corrected chi connectivity index (χ1v) is 7.79. The molecule has 1 heterocycles. The summed E-state index contributed by atoms with van der Waals surface area (Å²) < 4.78 is 0. The van der Waals surface area contributed by atoms with Crippen LogP contribution < -0.4 is 5.32 Å². The first-order chi connectivity index (χ1) is 8.74. The van der Waals surface area contributed by atoms with E-state index in [0.29, 0.717) is 6.54 Å². The number of hydrogen-bond donors (Lipinski definition) is 1. The van der Waals surface area contributed by atoms with Crippen LogP contribution in [0, 0.1) is 5.92 Å². The molecule has 0 atom stereocenters. The molecule has 1 fully saturated rings. The maximum Gasteiger partial charge on any atom is 0.216 e. The number of thiazole rings is 1. The van der Waals surface area contributed by atoms with E-state index in [-0.39, 0.29) is 5.91 Å². The van der Waals surface area contributed by atoms with Crippen molar-refractivity contribution in [2.75, 3.05) is 6.54 Å². The molecule has 100 valence electrons. The summed E-state index contributed by atoms with van der Waals surface area (Å²) in [5, 5.41) is 6.13. The summed E-state index contributed by atoms with van der Waals surface area (Å²) in [6.07, 6.45) is 8.95. The quantitative estimate of drug-likeness (QED) is 0.860.